The Balaban J connectivity index is 2.20. The normalized spacial score (nSPS) is 18.0. The summed E-state index contributed by atoms with van der Waals surface area (Å²) in [6, 6.07) is 3.19. The molecular formula is C15H18N2O4. The highest BCUT2D eigenvalue weighted by molar-refractivity contribution is 5.99. The number of carbonyl (C=O) groups excluding carboxylic acids is 2. The van der Waals surface area contributed by atoms with Crippen LogP contribution < -0.4 is 5.32 Å². The van der Waals surface area contributed by atoms with Gasteiger partial charge < -0.3 is 15.3 Å². The van der Waals surface area contributed by atoms with Crippen molar-refractivity contribution in [2.45, 2.75) is 20.3 Å². The molecule has 1 heterocycles. The molecule has 1 atom stereocenters. The van der Waals surface area contributed by atoms with Crippen LogP contribution >= 0.6 is 0 Å². The zero-order valence-corrected chi connectivity index (χ0v) is 12.3. The van der Waals surface area contributed by atoms with Gasteiger partial charge in [0.25, 0.3) is 0 Å². The van der Waals surface area contributed by atoms with Crippen LogP contribution in [0.4, 0.5) is 5.69 Å². The molecule has 1 aliphatic rings. The summed E-state index contributed by atoms with van der Waals surface area (Å²) in [5.74, 6) is -1.73. The summed E-state index contributed by atoms with van der Waals surface area (Å²) < 4.78 is 0. The van der Waals surface area contributed by atoms with Crippen molar-refractivity contribution < 1.29 is 19.5 Å². The third-order valence-corrected chi connectivity index (χ3v) is 3.77. The molecule has 0 aromatic heterocycles. The number of aryl methyl sites for hydroxylation is 2. The molecule has 1 aromatic rings. The summed E-state index contributed by atoms with van der Waals surface area (Å²) in [7, 11) is 1.66. The molecule has 2 rings (SSSR count). The number of benzene rings is 1. The van der Waals surface area contributed by atoms with E-state index in [0.29, 0.717) is 17.8 Å². The molecular weight excluding hydrogens is 272 g/mol. The predicted octanol–water partition coefficient (Wildman–Crippen LogP) is 1.42. The van der Waals surface area contributed by atoms with Gasteiger partial charge in [0.15, 0.2) is 0 Å². The third-order valence-electron chi connectivity index (χ3n) is 3.77. The minimum atomic E-state index is -1.03. The monoisotopic (exact) mass is 290 g/mol. The summed E-state index contributed by atoms with van der Waals surface area (Å²) in [5, 5.41) is 11.9. The highest BCUT2D eigenvalue weighted by atomic mass is 16.4. The number of nitrogens with zero attached hydrogens (tertiary/aromatic N) is 1. The molecule has 0 radical (unpaired) electrons. The lowest BCUT2D eigenvalue weighted by Crippen LogP contribution is -2.26. The fraction of sp³-hybridized carbons (Fsp3) is 0.400. The Hall–Kier alpha value is -2.37. The average Bonchev–Trinajstić information content (AvgIpc) is 2.72. The fourth-order valence-corrected chi connectivity index (χ4v) is 2.49. The maximum absolute atomic E-state index is 12.2. The highest BCUT2D eigenvalue weighted by Crippen LogP contribution is 2.23. The second-order valence-corrected chi connectivity index (χ2v) is 5.45. The van der Waals surface area contributed by atoms with Crippen LogP contribution in [0.25, 0.3) is 0 Å². The number of likely N-dealkylation sites (tertiary alicyclic amines) is 1. The summed E-state index contributed by atoms with van der Waals surface area (Å²) >= 11 is 0. The lowest BCUT2D eigenvalue weighted by molar-refractivity contribution is -0.127. The summed E-state index contributed by atoms with van der Waals surface area (Å²) in [6.07, 6.45) is 0.193. The van der Waals surface area contributed by atoms with Gasteiger partial charge in [0.2, 0.25) is 11.8 Å². The van der Waals surface area contributed by atoms with Crippen molar-refractivity contribution in [1.82, 2.24) is 4.90 Å². The number of carboxylic acid groups (broad SMARTS) is 1. The Bertz CT molecular complexity index is 624. The number of rotatable bonds is 3. The van der Waals surface area contributed by atoms with Crippen LogP contribution in [0, 0.1) is 19.8 Å². The molecule has 6 heteroatoms. The minimum Gasteiger partial charge on any atom is -0.478 e. The van der Waals surface area contributed by atoms with E-state index in [4.69, 9.17) is 5.11 Å². The van der Waals surface area contributed by atoms with Crippen LogP contribution in [0.2, 0.25) is 0 Å². The average molecular weight is 290 g/mol. The number of hydrogen-bond donors (Lipinski definition) is 2. The van der Waals surface area contributed by atoms with Gasteiger partial charge >= 0.3 is 5.97 Å². The van der Waals surface area contributed by atoms with Crippen molar-refractivity contribution in [1.29, 1.82) is 0 Å². The first-order valence-corrected chi connectivity index (χ1v) is 6.69. The molecule has 0 aliphatic carbocycles. The van der Waals surface area contributed by atoms with Crippen LogP contribution in [0.3, 0.4) is 0 Å². The van der Waals surface area contributed by atoms with Gasteiger partial charge in [-0.15, -0.1) is 0 Å². The molecule has 0 bridgehead atoms. The van der Waals surface area contributed by atoms with Gasteiger partial charge in [0.1, 0.15) is 0 Å². The summed E-state index contributed by atoms with van der Waals surface area (Å²) in [6.45, 7) is 3.91. The molecule has 1 aliphatic heterocycles. The topological polar surface area (TPSA) is 86.7 Å². The van der Waals surface area contributed by atoms with Crippen LogP contribution in [0.15, 0.2) is 12.1 Å². The van der Waals surface area contributed by atoms with E-state index in [1.807, 2.05) is 0 Å². The maximum Gasteiger partial charge on any atom is 0.336 e. The summed E-state index contributed by atoms with van der Waals surface area (Å²) in [4.78, 5) is 36.3. The van der Waals surface area contributed by atoms with E-state index in [-0.39, 0.29) is 23.8 Å². The van der Waals surface area contributed by atoms with Crippen molar-refractivity contribution in [2.24, 2.45) is 5.92 Å². The number of amides is 2. The van der Waals surface area contributed by atoms with Crippen LogP contribution in [-0.4, -0.2) is 41.4 Å². The zero-order chi connectivity index (χ0) is 15.7. The quantitative estimate of drug-likeness (QED) is 0.881. The predicted molar refractivity (Wildman–Crippen MR) is 77.2 cm³/mol. The van der Waals surface area contributed by atoms with Crippen LogP contribution in [-0.2, 0) is 9.59 Å². The Morgan fingerprint density at radius 1 is 1.29 bits per heavy atom. The molecule has 0 spiro atoms. The third kappa shape index (κ3) is 3.04. The van der Waals surface area contributed by atoms with Gasteiger partial charge in [0.05, 0.1) is 11.5 Å². The highest BCUT2D eigenvalue weighted by Gasteiger charge is 2.32. The number of nitrogens with one attached hydrogen (secondary N) is 1. The first-order chi connectivity index (χ1) is 9.79. The first-order valence-electron chi connectivity index (χ1n) is 6.69. The van der Waals surface area contributed by atoms with Gasteiger partial charge in [-0.1, -0.05) is 6.07 Å². The van der Waals surface area contributed by atoms with E-state index in [1.165, 1.54) is 11.0 Å². The molecule has 6 nitrogen and oxygen atoms in total. The van der Waals surface area contributed by atoms with Crippen molar-refractivity contribution >= 4 is 23.5 Å². The molecule has 2 amide bonds. The van der Waals surface area contributed by atoms with E-state index >= 15 is 0 Å². The van der Waals surface area contributed by atoms with Gasteiger partial charge in [-0.3, -0.25) is 9.59 Å². The van der Waals surface area contributed by atoms with E-state index in [0.717, 1.165) is 5.56 Å². The molecule has 1 unspecified atom stereocenters. The standard InChI is InChI=1S/C15H18N2O4/c1-8-4-9(2)12(6-11(8)15(20)21)16-14(19)10-5-13(18)17(3)7-10/h4,6,10H,5,7H2,1-3H3,(H,16,19)(H,20,21). The van der Waals surface area contributed by atoms with Crippen molar-refractivity contribution in [3.05, 3.63) is 28.8 Å². The molecule has 1 saturated heterocycles. The van der Waals surface area contributed by atoms with E-state index in [9.17, 15) is 14.4 Å². The molecule has 2 N–H and O–H groups in total. The summed E-state index contributed by atoms with van der Waals surface area (Å²) in [5.41, 5.74) is 2.08. The minimum absolute atomic E-state index is 0.0537. The van der Waals surface area contributed by atoms with Crippen LogP contribution in [0.1, 0.15) is 27.9 Å². The largest absolute Gasteiger partial charge is 0.478 e. The van der Waals surface area contributed by atoms with Crippen molar-refractivity contribution in [3.63, 3.8) is 0 Å². The number of aromatic carboxylic acids is 1. The Kier molecular flexibility index (Phi) is 3.97. The SMILES string of the molecule is Cc1cc(C)c(C(=O)O)cc1NC(=O)C1CC(=O)N(C)C1. The van der Waals surface area contributed by atoms with E-state index in [1.54, 1.807) is 27.0 Å². The number of carboxylic acids is 1. The van der Waals surface area contributed by atoms with Crippen molar-refractivity contribution in [3.8, 4) is 0 Å². The van der Waals surface area contributed by atoms with Gasteiger partial charge in [-0.2, -0.15) is 0 Å². The number of carbonyl (C=O) groups is 3. The number of hydrogen-bond acceptors (Lipinski definition) is 3. The van der Waals surface area contributed by atoms with Gasteiger partial charge in [-0.25, -0.2) is 4.79 Å². The zero-order valence-electron chi connectivity index (χ0n) is 12.3. The van der Waals surface area contributed by atoms with Crippen LogP contribution in [0.5, 0.6) is 0 Å². The second kappa shape index (κ2) is 5.55. The maximum atomic E-state index is 12.2. The first kappa shape index (κ1) is 15.0. The van der Waals surface area contributed by atoms with Gasteiger partial charge in [-0.05, 0) is 31.0 Å². The Labute approximate surface area is 122 Å². The molecule has 1 aromatic carbocycles. The molecule has 0 saturated carbocycles. The molecule has 112 valence electrons. The number of anilines is 1. The van der Waals surface area contributed by atoms with E-state index in [2.05, 4.69) is 5.32 Å². The Morgan fingerprint density at radius 3 is 2.48 bits per heavy atom. The lowest BCUT2D eigenvalue weighted by atomic mass is 10.0. The van der Waals surface area contributed by atoms with Gasteiger partial charge in [0, 0.05) is 25.7 Å². The Morgan fingerprint density at radius 2 is 1.95 bits per heavy atom. The van der Waals surface area contributed by atoms with Crippen molar-refractivity contribution in [2.75, 3.05) is 18.9 Å². The second-order valence-electron chi connectivity index (χ2n) is 5.45. The molecule has 1 fully saturated rings. The molecule has 21 heavy (non-hydrogen) atoms. The smallest absolute Gasteiger partial charge is 0.336 e. The van der Waals surface area contributed by atoms with E-state index < -0.39 is 11.9 Å². The lowest BCUT2D eigenvalue weighted by Gasteiger charge is -2.14. The fourth-order valence-electron chi connectivity index (χ4n) is 2.49.